The number of methoxy groups -OCH3 is 1. The highest BCUT2D eigenvalue weighted by molar-refractivity contribution is 5.86. The lowest BCUT2D eigenvalue weighted by molar-refractivity contribution is 0.413. The molecule has 0 saturated carbocycles. The minimum absolute atomic E-state index is 0.745. The number of hydrogen-bond acceptors (Lipinski definition) is 6. The maximum absolute atomic E-state index is 5.48. The fraction of sp³-hybridized carbons (Fsp3) is 0.278. The number of aromatic nitrogens is 3. The van der Waals surface area contributed by atoms with Crippen molar-refractivity contribution in [3.63, 3.8) is 0 Å². The third-order valence-electron chi connectivity index (χ3n) is 4.39. The lowest BCUT2D eigenvalue weighted by Gasteiger charge is -2.37. The Morgan fingerprint density at radius 1 is 0.875 bits per heavy atom. The third-order valence-corrected chi connectivity index (χ3v) is 4.39. The van der Waals surface area contributed by atoms with Gasteiger partial charge in [-0.25, -0.2) is 15.0 Å². The smallest absolute Gasteiger partial charge is 0.164 e. The summed E-state index contributed by atoms with van der Waals surface area (Å²) in [5.41, 5.74) is 1.89. The molecule has 1 fully saturated rings. The normalized spacial score (nSPS) is 14.9. The Balaban J connectivity index is 1.56. The minimum atomic E-state index is 0.745. The van der Waals surface area contributed by atoms with Crippen molar-refractivity contribution in [3.8, 4) is 5.75 Å². The fourth-order valence-corrected chi connectivity index (χ4v) is 3.18. The molecule has 1 aliphatic heterocycles. The van der Waals surface area contributed by atoms with Gasteiger partial charge >= 0.3 is 0 Å². The van der Waals surface area contributed by atoms with E-state index in [0.717, 1.165) is 54.5 Å². The number of nitrogens with zero attached hydrogens (tertiary/aromatic N) is 5. The second kappa shape index (κ2) is 6.31. The van der Waals surface area contributed by atoms with E-state index in [1.165, 1.54) is 0 Å². The first kappa shape index (κ1) is 14.7. The molecule has 0 spiro atoms. The van der Waals surface area contributed by atoms with Gasteiger partial charge in [-0.05, 0) is 24.3 Å². The van der Waals surface area contributed by atoms with Gasteiger partial charge in [-0.2, -0.15) is 0 Å². The predicted molar refractivity (Wildman–Crippen MR) is 94.8 cm³/mol. The van der Waals surface area contributed by atoms with Gasteiger partial charge in [0.15, 0.2) is 5.65 Å². The molecule has 2 aromatic heterocycles. The van der Waals surface area contributed by atoms with Gasteiger partial charge in [-0.3, -0.25) is 0 Å². The van der Waals surface area contributed by atoms with E-state index in [1.807, 2.05) is 30.3 Å². The maximum Gasteiger partial charge on any atom is 0.164 e. The van der Waals surface area contributed by atoms with E-state index >= 15 is 0 Å². The SMILES string of the molecule is COc1ccccc1N1CCN(c2ncnc3ncccc23)CC1. The van der Waals surface area contributed by atoms with E-state index in [4.69, 9.17) is 4.74 Å². The largest absolute Gasteiger partial charge is 0.495 e. The van der Waals surface area contributed by atoms with Crippen molar-refractivity contribution >= 4 is 22.5 Å². The van der Waals surface area contributed by atoms with Crippen LogP contribution in [-0.4, -0.2) is 48.2 Å². The average Bonchev–Trinajstić information content (AvgIpc) is 2.67. The van der Waals surface area contributed by atoms with E-state index in [1.54, 1.807) is 19.6 Å². The molecule has 0 N–H and O–H groups in total. The molecule has 0 radical (unpaired) electrons. The van der Waals surface area contributed by atoms with Crippen LogP contribution in [0.2, 0.25) is 0 Å². The summed E-state index contributed by atoms with van der Waals surface area (Å²) >= 11 is 0. The molecular formula is C18H19N5O. The van der Waals surface area contributed by atoms with E-state index in [9.17, 15) is 0 Å². The molecule has 1 aromatic carbocycles. The molecule has 4 rings (SSSR count). The zero-order valence-electron chi connectivity index (χ0n) is 13.6. The van der Waals surface area contributed by atoms with Crippen LogP contribution in [0, 0.1) is 0 Å². The van der Waals surface area contributed by atoms with Gasteiger partial charge in [0.25, 0.3) is 0 Å². The molecular weight excluding hydrogens is 302 g/mol. The topological polar surface area (TPSA) is 54.4 Å². The van der Waals surface area contributed by atoms with E-state index in [0.29, 0.717) is 0 Å². The highest BCUT2D eigenvalue weighted by Crippen LogP contribution is 2.29. The average molecular weight is 321 g/mol. The van der Waals surface area contributed by atoms with Crippen molar-refractivity contribution in [1.29, 1.82) is 0 Å². The summed E-state index contributed by atoms with van der Waals surface area (Å²) in [7, 11) is 1.72. The van der Waals surface area contributed by atoms with Crippen LogP contribution in [0.25, 0.3) is 11.0 Å². The van der Waals surface area contributed by atoms with Crippen LogP contribution in [0.4, 0.5) is 11.5 Å². The molecule has 3 heterocycles. The molecule has 0 amide bonds. The second-order valence-electron chi connectivity index (χ2n) is 5.72. The molecule has 6 heteroatoms. The number of fused-ring (bicyclic) bond motifs is 1. The zero-order valence-corrected chi connectivity index (χ0v) is 13.6. The Bertz CT molecular complexity index is 840. The molecule has 0 aliphatic carbocycles. The van der Waals surface area contributed by atoms with Crippen LogP contribution in [0.3, 0.4) is 0 Å². The van der Waals surface area contributed by atoms with Gasteiger partial charge < -0.3 is 14.5 Å². The summed E-state index contributed by atoms with van der Waals surface area (Å²) in [5, 5.41) is 1.01. The van der Waals surface area contributed by atoms with Crippen LogP contribution in [-0.2, 0) is 0 Å². The number of pyridine rings is 1. The van der Waals surface area contributed by atoms with Crippen molar-refractivity contribution < 1.29 is 4.74 Å². The van der Waals surface area contributed by atoms with Gasteiger partial charge in [0.1, 0.15) is 17.9 Å². The maximum atomic E-state index is 5.48. The molecule has 122 valence electrons. The zero-order chi connectivity index (χ0) is 16.4. The van der Waals surface area contributed by atoms with Crippen molar-refractivity contribution in [1.82, 2.24) is 15.0 Å². The molecule has 1 saturated heterocycles. The Labute approximate surface area is 140 Å². The lowest BCUT2D eigenvalue weighted by Crippen LogP contribution is -2.47. The molecule has 6 nitrogen and oxygen atoms in total. The first-order valence-electron chi connectivity index (χ1n) is 8.05. The number of anilines is 2. The first-order chi connectivity index (χ1) is 11.9. The monoisotopic (exact) mass is 321 g/mol. The number of benzene rings is 1. The van der Waals surface area contributed by atoms with Crippen LogP contribution < -0.4 is 14.5 Å². The van der Waals surface area contributed by atoms with Gasteiger partial charge in [0.2, 0.25) is 0 Å². The number of piperazine rings is 1. The Morgan fingerprint density at radius 2 is 1.67 bits per heavy atom. The van der Waals surface area contributed by atoms with Crippen molar-refractivity contribution in [2.75, 3.05) is 43.1 Å². The Morgan fingerprint density at radius 3 is 2.50 bits per heavy atom. The molecule has 24 heavy (non-hydrogen) atoms. The molecule has 3 aromatic rings. The quantitative estimate of drug-likeness (QED) is 0.738. The predicted octanol–water partition coefficient (Wildman–Crippen LogP) is 2.36. The standard InChI is InChI=1S/C18H19N5O/c1-24-16-7-3-2-6-15(16)22-9-11-23(12-10-22)18-14-5-4-8-19-17(14)20-13-21-18/h2-8,13H,9-12H2,1H3. The summed E-state index contributed by atoms with van der Waals surface area (Å²) in [4.78, 5) is 17.7. The number of para-hydroxylation sites is 2. The summed E-state index contributed by atoms with van der Waals surface area (Å²) < 4.78 is 5.48. The fourth-order valence-electron chi connectivity index (χ4n) is 3.18. The summed E-state index contributed by atoms with van der Waals surface area (Å²) in [5.74, 6) is 1.88. The van der Waals surface area contributed by atoms with Crippen molar-refractivity contribution in [3.05, 3.63) is 48.9 Å². The number of hydrogen-bond donors (Lipinski definition) is 0. The van der Waals surface area contributed by atoms with Crippen LogP contribution in [0.5, 0.6) is 5.75 Å². The third kappa shape index (κ3) is 2.60. The first-order valence-corrected chi connectivity index (χ1v) is 8.05. The van der Waals surface area contributed by atoms with Gasteiger partial charge in [0, 0.05) is 32.4 Å². The minimum Gasteiger partial charge on any atom is -0.495 e. The van der Waals surface area contributed by atoms with E-state index < -0.39 is 0 Å². The van der Waals surface area contributed by atoms with Gasteiger partial charge in [0.05, 0.1) is 18.2 Å². The molecule has 0 bridgehead atoms. The van der Waals surface area contributed by atoms with Crippen molar-refractivity contribution in [2.24, 2.45) is 0 Å². The van der Waals surface area contributed by atoms with Crippen LogP contribution in [0.15, 0.2) is 48.9 Å². The van der Waals surface area contributed by atoms with Gasteiger partial charge in [-0.1, -0.05) is 12.1 Å². The Hall–Kier alpha value is -2.89. The van der Waals surface area contributed by atoms with Crippen LogP contribution in [0.1, 0.15) is 0 Å². The molecule has 0 atom stereocenters. The molecule has 0 unspecified atom stereocenters. The second-order valence-corrected chi connectivity index (χ2v) is 5.72. The lowest BCUT2D eigenvalue weighted by atomic mass is 10.2. The highest BCUT2D eigenvalue weighted by atomic mass is 16.5. The summed E-state index contributed by atoms with van der Waals surface area (Å²) in [6.45, 7) is 3.65. The van der Waals surface area contributed by atoms with Gasteiger partial charge in [-0.15, -0.1) is 0 Å². The van der Waals surface area contributed by atoms with Crippen molar-refractivity contribution in [2.45, 2.75) is 0 Å². The van der Waals surface area contributed by atoms with Crippen LogP contribution >= 0.6 is 0 Å². The highest BCUT2D eigenvalue weighted by Gasteiger charge is 2.21. The Kier molecular flexibility index (Phi) is 3.86. The number of ether oxygens (including phenoxy) is 1. The van der Waals surface area contributed by atoms with E-state index in [2.05, 4.69) is 30.8 Å². The molecule has 1 aliphatic rings. The van der Waals surface area contributed by atoms with E-state index in [-0.39, 0.29) is 0 Å². The summed E-state index contributed by atoms with van der Waals surface area (Å²) in [6, 6.07) is 12.1. The summed E-state index contributed by atoms with van der Waals surface area (Å²) in [6.07, 6.45) is 3.36. The number of rotatable bonds is 3.